The number of hydrogen-bond donors (Lipinski definition) is 1. The van der Waals surface area contributed by atoms with E-state index in [0.29, 0.717) is 21.3 Å². The molecule has 1 aromatic heterocycles. The van der Waals surface area contributed by atoms with Gasteiger partial charge < -0.3 is 10.0 Å². The highest BCUT2D eigenvalue weighted by atomic mass is 32.2. The minimum absolute atomic E-state index is 0.108. The standard InChI is InChI=1S/C28H38N4O4S2/c1-20-21(25(31-15-11-9-12-16-31)30(2)26(35)22(20)19-29)18-23-27(36)32(28(37)38-23)17-13-8-6-4-3-5-7-10-14-24(33)34/h18H,3-17H2,1-2H3,(H,33,34). The van der Waals surface area contributed by atoms with Crippen LogP contribution in [0.4, 0.5) is 5.82 Å². The third-order valence-corrected chi connectivity index (χ3v) is 8.67. The van der Waals surface area contributed by atoms with Crippen LogP contribution in [0, 0.1) is 18.3 Å². The Labute approximate surface area is 234 Å². The summed E-state index contributed by atoms with van der Waals surface area (Å²) in [6, 6.07) is 2.06. The second-order valence-electron chi connectivity index (χ2n) is 10.1. The van der Waals surface area contributed by atoms with E-state index in [1.165, 1.54) is 11.8 Å². The maximum absolute atomic E-state index is 13.3. The van der Waals surface area contributed by atoms with Crippen LogP contribution >= 0.6 is 24.0 Å². The summed E-state index contributed by atoms with van der Waals surface area (Å²) < 4.78 is 2.09. The second-order valence-corrected chi connectivity index (χ2v) is 11.7. The number of carbonyl (C=O) groups is 2. The van der Waals surface area contributed by atoms with E-state index in [9.17, 15) is 19.6 Å². The van der Waals surface area contributed by atoms with Crippen LogP contribution in [0.5, 0.6) is 0 Å². The average molecular weight is 559 g/mol. The Morgan fingerprint density at radius 1 is 1.05 bits per heavy atom. The zero-order valence-electron chi connectivity index (χ0n) is 22.5. The third-order valence-electron chi connectivity index (χ3n) is 7.29. The molecule has 3 rings (SSSR count). The molecule has 206 valence electrons. The lowest BCUT2D eigenvalue weighted by Crippen LogP contribution is -2.36. The number of anilines is 1. The number of unbranched alkanes of at least 4 members (excludes halogenated alkanes) is 7. The molecule has 0 saturated carbocycles. The van der Waals surface area contributed by atoms with Crippen LogP contribution in [0.3, 0.4) is 0 Å². The van der Waals surface area contributed by atoms with Crippen LogP contribution in [0.2, 0.25) is 0 Å². The molecular weight excluding hydrogens is 520 g/mol. The van der Waals surface area contributed by atoms with Crippen molar-refractivity contribution in [2.75, 3.05) is 24.5 Å². The maximum atomic E-state index is 13.3. The molecule has 2 aliphatic heterocycles. The largest absolute Gasteiger partial charge is 0.481 e. The van der Waals surface area contributed by atoms with E-state index in [1.54, 1.807) is 23.4 Å². The minimum atomic E-state index is -0.727. The molecule has 0 aliphatic carbocycles. The minimum Gasteiger partial charge on any atom is -0.481 e. The van der Waals surface area contributed by atoms with Gasteiger partial charge in [-0.3, -0.25) is 23.9 Å². The predicted octanol–water partition coefficient (Wildman–Crippen LogP) is 5.35. The summed E-state index contributed by atoms with van der Waals surface area (Å²) in [6.45, 7) is 4.03. The number of carbonyl (C=O) groups excluding carboxylic acids is 1. The molecule has 8 nitrogen and oxygen atoms in total. The van der Waals surface area contributed by atoms with E-state index in [-0.39, 0.29) is 23.5 Å². The van der Waals surface area contributed by atoms with Crippen LogP contribution in [-0.4, -0.2) is 50.4 Å². The van der Waals surface area contributed by atoms with Gasteiger partial charge >= 0.3 is 5.97 Å². The van der Waals surface area contributed by atoms with Gasteiger partial charge in [-0.2, -0.15) is 5.26 Å². The van der Waals surface area contributed by atoms with Gasteiger partial charge in [0.1, 0.15) is 21.8 Å². The lowest BCUT2D eigenvalue weighted by molar-refractivity contribution is -0.137. The Hall–Kier alpha value is -2.64. The molecule has 2 fully saturated rings. The van der Waals surface area contributed by atoms with E-state index in [1.807, 2.05) is 6.08 Å². The molecule has 0 spiro atoms. The van der Waals surface area contributed by atoms with E-state index in [2.05, 4.69) is 11.0 Å². The summed E-state index contributed by atoms with van der Waals surface area (Å²) >= 11 is 6.83. The first-order valence-electron chi connectivity index (χ1n) is 13.6. The molecule has 3 heterocycles. The molecule has 0 radical (unpaired) electrons. The topological polar surface area (TPSA) is 107 Å². The number of thioether (sulfide) groups is 1. The fraction of sp³-hybridized carbons (Fsp3) is 0.607. The van der Waals surface area contributed by atoms with Crippen LogP contribution in [0.1, 0.15) is 93.7 Å². The van der Waals surface area contributed by atoms with Crippen molar-refractivity contribution >= 4 is 52.1 Å². The van der Waals surface area contributed by atoms with Gasteiger partial charge in [-0.25, -0.2) is 0 Å². The van der Waals surface area contributed by atoms with Crippen LogP contribution in [-0.2, 0) is 16.6 Å². The number of hydrogen-bond acceptors (Lipinski definition) is 7. The normalized spacial score (nSPS) is 16.9. The van der Waals surface area contributed by atoms with E-state index < -0.39 is 5.97 Å². The van der Waals surface area contributed by atoms with Crippen molar-refractivity contribution in [2.45, 2.75) is 84.0 Å². The van der Waals surface area contributed by atoms with Gasteiger partial charge in [0.25, 0.3) is 11.5 Å². The smallest absolute Gasteiger partial charge is 0.303 e. The molecule has 0 atom stereocenters. The molecule has 1 aromatic rings. The Bertz CT molecular complexity index is 1180. The molecule has 0 unspecified atom stereocenters. The second kappa shape index (κ2) is 14.5. The lowest BCUT2D eigenvalue weighted by atomic mass is 10.0. The lowest BCUT2D eigenvalue weighted by Gasteiger charge is -2.32. The van der Waals surface area contributed by atoms with Crippen molar-refractivity contribution in [3.8, 4) is 6.07 Å². The fourth-order valence-electron chi connectivity index (χ4n) is 5.13. The Morgan fingerprint density at radius 2 is 1.66 bits per heavy atom. The van der Waals surface area contributed by atoms with Crippen LogP contribution in [0.15, 0.2) is 9.70 Å². The van der Waals surface area contributed by atoms with Crippen LogP contribution < -0.4 is 10.5 Å². The van der Waals surface area contributed by atoms with Crippen molar-refractivity contribution in [1.82, 2.24) is 9.47 Å². The summed E-state index contributed by atoms with van der Waals surface area (Å²) in [4.78, 5) is 41.1. The van der Waals surface area contributed by atoms with Gasteiger partial charge in [0, 0.05) is 38.7 Å². The monoisotopic (exact) mass is 558 g/mol. The number of nitriles is 1. The third kappa shape index (κ3) is 7.48. The first-order chi connectivity index (χ1) is 18.3. The summed E-state index contributed by atoms with van der Waals surface area (Å²) in [6.07, 6.45) is 13.2. The number of pyridine rings is 1. The molecule has 1 amide bonds. The molecule has 10 heteroatoms. The average Bonchev–Trinajstić information content (AvgIpc) is 3.16. The van der Waals surface area contributed by atoms with E-state index >= 15 is 0 Å². The number of carboxylic acids is 1. The Kier molecular flexibility index (Phi) is 11.4. The van der Waals surface area contributed by atoms with Crippen molar-refractivity contribution < 1.29 is 14.7 Å². The number of aliphatic carboxylic acids is 1. The van der Waals surface area contributed by atoms with Gasteiger partial charge in [-0.05, 0) is 50.7 Å². The highest BCUT2D eigenvalue weighted by Crippen LogP contribution is 2.36. The van der Waals surface area contributed by atoms with Gasteiger partial charge in [0.05, 0.1) is 4.91 Å². The van der Waals surface area contributed by atoms with Crippen molar-refractivity contribution in [1.29, 1.82) is 5.26 Å². The zero-order chi connectivity index (χ0) is 27.7. The molecule has 1 N–H and O–H groups in total. The molecule has 2 aliphatic rings. The highest BCUT2D eigenvalue weighted by Gasteiger charge is 2.33. The molecule has 38 heavy (non-hydrogen) atoms. The Morgan fingerprint density at radius 3 is 2.26 bits per heavy atom. The number of piperidine rings is 1. The summed E-state index contributed by atoms with van der Waals surface area (Å²) in [7, 11) is 1.70. The number of thiocarbonyl (C=S) groups is 1. The Balaban J connectivity index is 1.64. The quantitative estimate of drug-likeness (QED) is 0.196. The van der Waals surface area contributed by atoms with Gasteiger partial charge in [-0.1, -0.05) is 62.5 Å². The fourth-order valence-corrected chi connectivity index (χ4v) is 6.42. The first-order valence-corrected chi connectivity index (χ1v) is 14.8. The highest BCUT2D eigenvalue weighted by molar-refractivity contribution is 8.26. The van der Waals surface area contributed by atoms with E-state index in [0.717, 1.165) is 95.1 Å². The zero-order valence-corrected chi connectivity index (χ0v) is 24.1. The predicted molar refractivity (Wildman–Crippen MR) is 156 cm³/mol. The van der Waals surface area contributed by atoms with Gasteiger partial charge in [0.2, 0.25) is 0 Å². The molecule has 0 bridgehead atoms. The van der Waals surface area contributed by atoms with E-state index in [4.69, 9.17) is 17.3 Å². The van der Waals surface area contributed by atoms with Crippen molar-refractivity contribution in [3.05, 3.63) is 31.9 Å². The number of carboxylic acid groups (broad SMARTS) is 1. The SMILES string of the molecule is Cc1c(C=C2SC(=S)N(CCCCCCCCCCC(=O)O)C2=O)c(N2CCCCC2)n(C)c(=O)c1C#N. The molecule has 0 aromatic carbocycles. The molecule has 2 saturated heterocycles. The van der Waals surface area contributed by atoms with Crippen LogP contribution in [0.25, 0.3) is 6.08 Å². The molecular formula is C28H38N4O4S2. The summed E-state index contributed by atoms with van der Waals surface area (Å²) in [5.41, 5.74) is 1.14. The number of aromatic nitrogens is 1. The van der Waals surface area contributed by atoms with Crippen molar-refractivity contribution in [3.63, 3.8) is 0 Å². The maximum Gasteiger partial charge on any atom is 0.303 e. The first kappa shape index (κ1) is 29.9. The summed E-state index contributed by atoms with van der Waals surface area (Å²) in [5.74, 6) is -0.0800. The van der Waals surface area contributed by atoms with Gasteiger partial charge in [0.15, 0.2) is 0 Å². The van der Waals surface area contributed by atoms with Crippen molar-refractivity contribution in [2.24, 2.45) is 7.05 Å². The summed E-state index contributed by atoms with van der Waals surface area (Å²) in [5, 5.41) is 18.3. The number of rotatable bonds is 13. The number of amides is 1. The number of nitrogens with zero attached hydrogens (tertiary/aromatic N) is 4. The van der Waals surface area contributed by atoms with Gasteiger partial charge in [-0.15, -0.1) is 0 Å².